The van der Waals surface area contributed by atoms with Crippen molar-refractivity contribution >= 4 is 43.6 Å². The molecule has 0 atom stereocenters. The van der Waals surface area contributed by atoms with Gasteiger partial charge in [0.15, 0.2) is 0 Å². The van der Waals surface area contributed by atoms with Gasteiger partial charge >= 0.3 is 6.18 Å². The first-order chi connectivity index (χ1) is 7.86. The van der Waals surface area contributed by atoms with Gasteiger partial charge in [0.05, 0.1) is 10.2 Å². The Labute approximate surface area is 107 Å². The van der Waals surface area contributed by atoms with E-state index in [9.17, 15) is 13.2 Å². The second kappa shape index (κ2) is 4.30. The lowest BCUT2D eigenvalue weighted by atomic mass is 10.3. The van der Waals surface area contributed by atoms with Gasteiger partial charge in [0.25, 0.3) is 0 Å². The topological polar surface area (TPSA) is 33.1 Å². The van der Waals surface area contributed by atoms with E-state index in [0.717, 1.165) is 20.5 Å². The third kappa shape index (κ3) is 2.78. The predicted octanol–water partition coefficient (Wildman–Crippen LogP) is 4.52. The smallest absolute Gasteiger partial charge is 0.448 e. The Hall–Kier alpha value is -1.08. The van der Waals surface area contributed by atoms with Crippen LogP contribution in [-0.2, 0) is 0 Å². The molecule has 0 fully saturated rings. The van der Waals surface area contributed by atoms with Crippen molar-refractivity contribution in [1.82, 2.24) is 4.98 Å². The minimum atomic E-state index is -4.74. The number of alkyl halides is 3. The number of hydrogen-bond acceptors (Lipinski definition) is 3. The highest BCUT2D eigenvalue weighted by Crippen LogP contribution is 2.29. The molecule has 0 amide bonds. The summed E-state index contributed by atoms with van der Waals surface area (Å²) in [6, 6.07) is 5.23. The monoisotopic (exact) mass is 323 g/mol. The largest absolute Gasteiger partial charge is 0.504 e. The maximum absolute atomic E-state index is 12.1. The van der Waals surface area contributed by atoms with Crippen LogP contribution in [0.4, 0.5) is 13.2 Å². The summed E-state index contributed by atoms with van der Waals surface area (Å²) in [5, 5.41) is 8.93. The number of fused-ring (bicyclic) bond motifs is 1. The van der Waals surface area contributed by atoms with E-state index in [2.05, 4.69) is 20.9 Å². The van der Waals surface area contributed by atoms with Gasteiger partial charge < -0.3 is 5.11 Å². The normalized spacial score (nSPS) is 13.3. The van der Waals surface area contributed by atoms with Crippen LogP contribution in [0, 0.1) is 0 Å². The first-order valence-electron chi connectivity index (χ1n) is 4.40. The number of thiazole rings is 1. The van der Waals surface area contributed by atoms with Crippen LogP contribution in [0.1, 0.15) is 5.01 Å². The van der Waals surface area contributed by atoms with Crippen LogP contribution in [0.15, 0.2) is 28.4 Å². The Morgan fingerprint density at radius 3 is 2.76 bits per heavy atom. The molecule has 0 aliphatic rings. The van der Waals surface area contributed by atoms with Crippen LogP contribution in [0.25, 0.3) is 16.3 Å². The van der Waals surface area contributed by atoms with E-state index in [1.54, 1.807) is 18.2 Å². The van der Waals surface area contributed by atoms with E-state index in [0.29, 0.717) is 11.6 Å². The summed E-state index contributed by atoms with van der Waals surface area (Å²) >= 11 is 4.33. The summed E-state index contributed by atoms with van der Waals surface area (Å²) in [6.45, 7) is 0. The Kier molecular flexibility index (Phi) is 3.13. The lowest BCUT2D eigenvalue weighted by Gasteiger charge is -2.02. The zero-order valence-corrected chi connectivity index (χ0v) is 10.5. The molecule has 7 heteroatoms. The number of aliphatic hydroxyl groups excluding tert-OH is 1. The van der Waals surface area contributed by atoms with Gasteiger partial charge in [-0.15, -0.1) is 11.3 Å². The Bertz CT molecular complexity index is 591. The SMILES string of the molecule is O/C(=C\c1nc2cc(Br)ccc2s1)C(F)(F)F. The van der Waals surface area contributed by atoms with Gasteiger partial charge in [0, 0.05) is 10.5 Å². The summed E-state index contributed by atoms with van der Waals surface area (Å²) in [7, 11) is 0. The fourth-order valence-corrected chi connectivity index (χ4v) is 2.41. The first kappa shape index (κ1) is 12.4. The molecule has 1 N–H and O–H groups in total. The summed E-state index contributed by atoms with van der Waals surface area (Å²) in [5.74, 6) is -1.64. The molecular weight excluding hydrogens is 319 g/mol. The summed E-state index contributed by atoms with van der Waals surface area (Å²) in [4.78, 5) is 3.98. The summed E-state index contributed by atoms with van der Waals surface area (Å²) in [5.41, 5.74) is 0.589. The van der Waals surface area contributed by atoms with Crippen molar-refractivity contribution in [2.75, 3.05) is 0 Å². The van der Waals surface area contributed by atoms with Crippen molar-refractivity contribution < 1.29 is 18.3 Å². The van der Waals surface area contributed by atoms with Gasteiger partial charge in [0.2, 0.25) is 5.76 Å². The highest BCUT2D eigenvalue weighted by molar-refractivity contribution is 9.10. The molecule has 1 aromatic heterocycles. The highest BCUT2D eigenvalue weighted by atomic mass is 79.9. The number of hydrogen-bond donors (Lipinski definition) is 1. The minimum absolute atomic E-state index is 0.118. The van der Waals surface area contributed by atoms with Crippen molar-refractivity contribution in [3.8, 4) is 0 Å². The van der Waals surface area contributed by atoms with E-state index < -0.39 is 11.9 Å². The molecule has 2 aromatic rings. The molecule has 90 valence electrons. The average molecular weight is 324 g/mol. The summed E-state index contributed by atoms with van der Waals surface area (Å²) < 4.78 is 37.9. The molecule has 1 aromatic carbocycles. The van der Waals surface area contributed by atoms with E-state index in [1.165, 1.54) is 0 Å². The minimum Gasteiger partial charge on any atom is -0.504 e. The van der Waals surface area contributed by atoms with Crippen molar-refractivity contribution in [2.45, 2.75) is 6.18 Å². The van der Waals surface area contributed by atoms with Crippen molar-refractivity contribution in [1.29, 1.82) is 0 Å². The highest BCUT2D eigenvalue weighted by Gasteiger charge is 2.33. The standard InChI is InChI=1S/C10H5BrF3NOS/c11-5-1-2-7-6(3-5)15-9(17-7)4-8(16)10(12,13)14/h1-4,16H/b8-4-. The Balaban J connectivity index is 2.44. The van der Waals surface area contributed by atoms with Gasteiger partial charge in [-0.3, -0.25) is 0 Å². The number of benzene rings is 1. The quantitative estimate of drug-likeness (QED) is 0.783. The van der Waals surface area contributed by atoms with Crippen LogP contribution >= 0.6 is 27.3 Å². The zero-order chi connectivity index (χ0) is 12.6. The number of aromatic nitrogens is 1. The van der Waals surface area contributed by atoms with Crippen LogP contribution in [0.3, 0.4) is 0 Å². The Morgan fingerprint density at radius 1 is 1.41 bits per heavy atom. The number of allylic oxidation sites excluding steroid dienone is 1. The van der Waals surface area contributed by atoms with E-state index in [4.69, 9.17) is 5.11 Å². The van der Waals surface area contributed by atoms with Crippen molar-refractivity contribution in [3.63, 3.8) is 0 Å². The van der Waals surface area contributed by atoms with Crippen LogP contribution < -0.4 is 0 Å². The van der Waals surface area contributed by atoms with Gasteiger partial charge in [0.1, 0.15) is 5.01 Å². The van der Waals surface area contributed by atoms with Crippen molar-refractivity contribution in [2.24, 2.45) is 0 Å². The molecule has 1 heterocycles. The van der Waals surface area contributed by atoms with E-state index in [-0.39, 0.29) is 5.01 Å². The lowest BCUT2D eigenvalue weighted by molar-refractivity contribution is -0.119. The summed E-state index contributed by atoms with van der Waals surface area (Å²) in [6.07, 6.45) is -4.11. The Morgan fingerprint density at radius 2 is 2.12 bits per heavy atom. The number of nitrogens with zero attached hydrogens (tertiary/aromatic N) is 1. The molecule has 2 rings (SSSR count). The van der Waals surface area contributed by atoms with Crippen LogP contribution in [0.2, 0.25) is 0 Å². The van der Waals surface area contributed by atoms with Gasteiger partial charge in [-0.05, 0) is 18.2 Å². The predicted molar refractivity (Wildman–Crippen MR) is 64.0 cm³/mol. The first-order valence-corrected chi connectivity index (χ1v) is 6.01. The molecule has 2 nitrogen and oxygen atoms in total. The fraction of sp³-hybridized carbons (Fsp3) is 0.100. The third-order valence-electron chi connectivity index (χ3n) is 1.92. The molecular formula is C10H5BrF3NOS. The molecule has 0 aliphatic heterocycles. The molecule has 0 saturated carbocycles. The molecule has 17 heavy (non-hydrogen) atoms. The van der Waals surface area contributed by atoms with Gasteiger partial charge in [-0.1, -0.05) is 15.9 Å². The number of rotatable bonds is 1. The van der Waals surface area contributed by atoms with Crippen LogP contribution in [-0.4, -0.2) is 16.3 Å². The van der Waals surface area contributed by atoms with E-state index in [1.807, 2.05) is 0 Å². The molecule has 0 bridgehead atoms. The maximum Gasteiger partial charge on any atom is 0.448 e. The second-order valence-electron chi connectivity index (χ2n) is 3.19. The van der Waals surface area contributed by atoms with Gasteiger partial charge in [-0.25, -0.2) is 4.98 Å². The average Bonchev–Trinajstić information content (AvgIpc) is 2.57. The number of halogens is 4. The number of aliphatic hydroxyl groups is 1. The second-order valence-corrected chi connectivity index (χ2v) is 5.17. The maximum atomic E-state index is 12.1. The van der Waals surface area contributed by atoms with Crippen molar-refractivity contribution in [3.05, 3.63) is 33.4 Å². The zero-order valence-electron chi connectivity index (χ0n) is 8.12. The lowest BCUT2D eigenvalue weighted by Crippen LogP contribution is -2.10. The van der Waals surface area contributed by atoms with Crippen LogP contribution in [0.5, 0.6) is 0 Å². The van der Waals surface area contributed by atoms with Gasteiger partial charge in [-0.2, -0.15) is 13.2 Å². The fourth-order valence-electron chi connectivity index (χ4n) is 1.18. The van der Waals surface area contributed by atoms with E-state index >= 15 is 0 Å². The molecule has 0 saturated heterocycles. The third-order valence-corrected chi connectivity index (χ3v) is 3.39. The molecule has 0 spiro atoms. The molecule has 0 aliphatic carbocycles. The molecule has 0 unspecified atom stereocenters. The molecule has 0 radical (unpaired) electrons.